The van der Waals surface area contributed by atoms with Gasteiger partial charge in [0, 0.05) is 25.3 Å². The fourth-order valence-corrected chi connectivity index (χ4v) is 2.98. The van der Waals surface area contributed by atoms with Crippen molar-refractivity contribution in [3.63, 3.8) is 0 Å². The zero-order chi connectivity index (χ0) is 18.7. The Bertz CT molecular complexity index is 665. The Morgan fingerprint density at radius 1 is 1.25 bits per heavy atom. The first-order valence-electron chi connectivity index (χ1n) is 6.73. The van der Waals surface area contributed by atoms with E-state index in [2.05, 4.69) is 5.10 Å². The quantitative estimate of drug-likeness (QED) is 0.825. The van der Waals surface area contributed by atoms with Crippen molar-refractivity contribution in [1.82, 2.24) is 9.78 Å². The molecule has 1 fully saturated rings. The lowest BCUT2D eigenvalue weighted by Crippen LogP contribution is -2.57. The minimum atomic E-state index is -5.06. The lowest BCUT2D eigenvalue weighted by atomic mass is 9.65. The molecule has 1 N–H and O–H groups in total. The van der Waals surface area contributed by atoms with Gasteiger partial charge in [-0.3, -0.25) is 4.68 Å². The van der Waals surface area contributed by atoms with Crippen LogP contribution in [0.1, 0.15) is 41.5 Å². The maximum absolute atomic E-state index is 13.4. The van der Waals surface area contributed by atoms with E-state index in [0.717, 1.165) is 6.92 Å². The van der Waals surface area contributed by atoms with Gasteiger partial charge in [-0.15, -0.1) is 0 Å². The molecule has 1 saturated carbocycles. The number of carbonyl (C=O) groups is 1. The van der Waals surface area contributed by atoms with Gasteiger partial charge in [-0.05, 0) is 6.92 Å². The van der Waals surface area contributed by atoms with Gasteiger partial charge in [0.2, 0.25) is 5.92 Å². The third-order valence-electron chi connectivity index (χ3n) is 4.06. The fourth-order valence-electron chi connectivity index (χ4n) is 2.98. The van der Waals surface area contributed by atoms with Crippen molar-refractivity contribution in [1.29, 1.82) is 0 Å². The summed E-state index contributed by atoms with van der Waals surface area (Å²) in [7, 11) is 0. The molecule has 0 aromatic carbocycles. The summed E-state index contributed by atoms with van der Waals surface area (Å²) in [6.07, 6.45) is -8.14. The predicted molar refractivity (Wildman–Crippen MR) is 66.2 cm³/mol. The van der Waals surface area contributed by atoms with Crippen molar-refractivity contribution >= 4 is 5.97 Å². The molecule has 1 heterocycles. The third-order valence-corrected chi connectivity index (χ3v) is 4.06. The van der Waals surface area contributed by atoms with Crippen LogP contribution in [0.5, 0.6) is 0 Å². The molecule has 2 rings (SSSR count). The van der Waals surface area contributed by atoms with Gasteiger partial charge >= 0.3 is 12.1 Å². The summed E-state index contributed by atoms with van der Waals surface area (Å²) >= 11 is 0. The molecule has 136 valence electrons. The van der Waals surface area contributed by atoms with Crippen LogP contribution in [0.25, 0.3) is 0 Å². The molecule has 0 saturated heterocycles. The number of aromatic carboxylic acids is 1. The Hall–Kier alpha value is -1.81. The minimum Gasteiger partial charge on any atom is -0.477 e. The zero-order valence-corrected chi connectivity index (χ0v) is 12.5. The van der Waals surface area contributed by atoms with Crippen molar-refractivity contribution in [3.8, 4) is 0 Å². The van der Waals surface area contributed by atoms with E-state index < -0.39 is 65.7 Å². The molecule has 1 aromatic heterocycles. The molecule has 24 heavy (non-hydrogen) atoms. The summed E-state index contributed by atoms with van der Waals surface area (Å²) in [6.45, 7) is 0.134. The van der Waals surface area contributed by atoms with E-state index in [0.29, 0.717) is 6.92 Å². The van der Waals surface area contributed by atoms with Gasteiger partial charge in [-0.1, -0.05) is 0 Å². The van der Waals surface area contributed by atoms with Gasteiger partial charge < -0.3 is 5.11 Å². The van der Waals surface area contributed by atoms with Crippen LogP contribution in [0.3, 0.4) is 0 Å². The molecule has 0 aliphatic heterocycles. The van der Waals surface area contributed by atoms with Crippen LogP contribution in [0.4, 0.5) is 30.7 Å². The topological polar surface area (TPSA) is 55.1 Å². The highest BCUT2D eigenvalue weighted by Gasteiger charge is 2.69. The number of hydrogen-bond acceptors (Lipinski definition) is 2. The third kappa shape index (κ3) is 2.95. The molecular weight excluding hydrogens is 349 g/mol. The number of nitrogens with zero attached hydrogens (tertiary/aromatic N) is 2. The van der Waals surface area contributed by atoms with Gasteiger partial charge in [0.15, 0.2) is 0 Å². The van der Waals surface area contributed by atoms with Crippen LogP contribution < -0.4 is 0 Å². The van der Waals surface area contributed by atoms with E-state index >= 15 is 0 Å². The van der Waals surface area contributed by atoms with Gasteiger partial charge in [-0.25, -0.2) is 13.6 Å². The number of aromatic nitrogens is 2. The molecule has 0 atom stereocenters. The Balaban J connectivity index is 2.51. The van der Waals surface area contributed by atoms with Crippen molar-refractivity contribution in [2.24, 2.45) is 5.41 Å². The first-order valence-corrected chi connectivity index (χ1v) is 6.73. The fraction of sp³-hybridized carbons (Fsp3) is 0.692. The number of hydrogen-bond donors (Lipinski definition) is 1. The number of halogens is 7. The van der Waals surface area contributed by atoms with Crippen LogP contribution >= 0.6 is 0 Å². The summed E-state index contributed by atoms with van der Waals surface area (Å²) in [5.41, 5.74) is -5.27. The lowest BCUT2D eigenvalue weighted by molar-refractivity contribution is -0.314. The van der Waals surface area contributed by atoms with Crippen molar-refractivity contribution in [3.05, 3.63) is 17.0 Å². The largest absolute Gasteiger partial charge is 0.477 e. The van der Waals surface area contributed by atoms with E-state index in [9.17, 15) is 35.5 Å². The van der Waals surface area contributed by atoms with Gasteiger partial charge in [0.1, 0.15) is 11.4 Å². The van der Waals surface area contributed by atoms with E-state index in [1.165, 1.54) is 0 Å². The highest BCUT2D eigenvalue weighted by Crippen LogP contribution is 2.61. The Kier molecular flexibility index (Phi) is 3.93. The first-order chi connectivity index (χ1) is 10.6. The molecule has 1 aliphatic carbocycles. The van der Waals surface area contributed by atoms with Gasteiger partial charge in [-0.2, -0.15) is 27.1 Å². The van der Waals surface area contributed by atoms with E-state index in [1.54, 1.807) is 0 Å². The van der Waals surface area contributed by atoms with E-state index in [1.807, 2.05) is 0 Å². The SMILES string of the molecule is Cc1c(C(C)(F)F)nn(CC2(C(F)(F)F)CC(F)(F)C2)c1C(=O)O. The molecule has 0 radical (unpaired) electrons. The predicted octanol–water partition coefficient (Wildman–Crippen LogP) is 3.98. The van der Waals surface area contributed by atoms with Crippen LogP contribution in [0, 0.1) is 12.3 Å². The zero-order valence-electron chi connectivity index (χ0n) is 12.5. The summed E-state index contributed by atoms with van der Waals surface area (Å²) in [6, 6.07) is 0. The number of carboxylic acids is 1. The van der Waals surface area contributed by atoms with E-state index in [-0.39, 0.29) is 4.68 Å². The van der Waals surface area contributed by atoms with Gasteiger partial charge in [0.05, 0.1) is 12.0 Å². The summed E-state index contributed by atoms with van der Waals surface area (Å²) in [5, 5.41) is 12.4. The van der Waals surface area contributed by atoms with Crippen LogP contribution in [0.15, 0.2) is 0 Å². The highest BCUT2D eigenvalue weighted by molar-refractivity contribution is 5.87. The molecule has 1 aliphatic rings. The average Bonchev–Trinajstić information content (AvgIpc) is 2.61. The van der Waals surface area contributed by atoms with Crippen molar-refractivity contribution < 1.29 is 40.6 Å². The highest BCUT2D eigenvalue weighted by atomic mass is 19.4. The normalized spacial score (nSPS) is 19.9. The lowest BCUT2D eigenvalue weighted by Gasteiger charge is -2.48. The van der Waals surface area contributed by atoms with Crippen LogP contribution in [-0.4, -0.2) is 33.0 Å². The molecule has 11 heteroatoms. The van der Waals surface area contributed by atoms with Gasteiger partial charge in [0.25, 0.3) is 5.92 Å². The monoisotopic (exact) mass is 362 g/mol. The minimum absolute atomic E-state index is 0.243. The Morgan fingerprint density at radius 3 is 2.08 bits per heavy atom. The second-order valence-corrected chi connectivity index (χ2v) is 6.16. The number of rotatable bonds is 4. The molecule has 4 nitrogen and oxygen atoms in total. The summed E-state index contributed by atoms with van der Waals surface area (Å²) in [4.78, 5) is 11.2. The Morgan fingerprint density at radius 2 is 1.75 bits per heavy atom. The number of alkyl halides is 7. The van der Waals surface area contributed by atoms with Crippen LogP contribution in [0.2, 0.25) is 0 Å². The standard InChI is InChI=1S/C13H13F7N2O2/c1-6-7(9(23)24)22(21-8(6)10(2,14)15)5-11(13(18,19)20)3-12(16,17)4-11/h3-5H2,1-2H3,(H,23,24). The van der Waals surface area contributed by atoms with Crippen molar-refractivity contribution in [2.45, 2.75) is 51.3 Å². The molecule has 1 aromatic rings. The summed E-state index contributed by atoms with van der Waals surface area (Å²) in [5.74, 6) is -8.90. The molecule has 0 spiro atoms. The van der Waals surface area contributed by atoms with E-state index in [4.69, 9.17) is 5.11 Å². The van der Waals surface area contributed by atoms with Crippen LogP contribution in [-0.2, 0) is 12.5 Å². The first kappa shape index (κ1) is 18.5. The smallest absolute Gasteiger partial charge is 0.396 e. The second-order valence-electron chi connectivity index (χ2n) is 6.16. The molecular formula is C13H13F7N2O2. The number of carboxylic acid groups (broad SMARTS) is 1. The average molecular weight is 362 g/mol. The maximum atomic E-state index is 13.4. The molecule has 0 unspecified atom stereocenters. The molecule has 0 amide bonds. The van der Waals surface area contributed by atoms with Crippen molar-refractivity contribution in [2.75, 3.05) is 0 Å². The second kappa shape index (κ2) is 5.09. The maximum Gasteiger partial charge on any atom is 0.396 e. The molecule has 0 bridgehead atoms. The Labute approximate surface area is 131 Å². The summed E-state index contributed by atoms with van der Waals surface area (Å²) < 4.78 is 92.8.